The number of pyridine rings is 2. The lowest BCUT2D eigenvalue weighted by molar-refractivity contribution is -0.138. The molecule has 0 aliphatic carbocycles. The van der Waals surface area contributed by atoms with Crippen molar-refractivity contribution in [2.24, 2.45) is 5.92 Å². The normalized spacial score (nSPS) is 18.9. The van der Waals surface area contributed by atoms with E-state index >= 15 is 0 Å². The van der Waals surface area contributed by atoms with Crippen LogP contribution in [-0.4, -0.2) is 76.9 Å². The molecule has 0 unspecified atom stereocenters. The lowest BCUT2D eigenvalue weighted by Crippen LogP contribution is -2.50. The fraction of sp³-hybridized carbons (Fsp3) is 0.542. The van der Waals surface area contributed by atoms with Gasteiger partial charge in [-0.3, -0.25) is 14.7 Å². The molecule has 34 heavy (non-hydrogen) atoms. The van der Waals surface area contributed by atoms with E-state index in [1.54, 1.807) is 16.7 Å². The molecule has 0 saturated carbocycles. The molecule has 2 aromatic rings. The smallest absolute Gasteiger partial charge is 0.225 e. The fourth-order valence-corrected chi connectivity index (χ4v) is 6.11. The maximum absolute atomic E-state index is 13.2. The molecule has 4 heterocycles. The minimum absolute atomic E-state index is 0.0369. The van der Waals surface area contributed by atoms with Gasteiger partial charge in [-0.1, -0.05) is 6.07 Å². The van der Waals surface area contributed by atoms with Gasteiger partial charge in [0.25, 0.3) is 0 Å². The van der Waals surface area contributed by atoms with Crippen LogP contribution < -0.4 is 5.73 Å². The Bertz CT molecular complexity index is 1070. The highest BCUT2D eigenvalue weighted by molar-refractivity contribution is 7.88. The first kappa shape index (κ1) is 24.6. The Morgan fingerprint density at radius 2 is 1.79 bits per heavy atom. The van der Waals surface area contributed by atoms with Gasteiger partial charge in [0.1, 0.15) is 5.82 Å². The Morgan fingerprint density at radius 1 is 1.06 bits per heavy atom. The summed E-state index contributed by atoms with van der Waals surface area (Å²) >= 11 is 0. The summed E-state index contributed by atoms with van der Waals surface area (Å²) in [6.45, 7) is 4.01. The van der Waals surface area contributed by atoms with Crippen LogP contribution in [0.1, 0.15) is 36.9 Å². The summed E-state index contributed by atoms with van der Waals surface area (Å²) in [6, 6.07) is 9.28. The highest BCUT2D eigenvalue weighted by atomic mass is 32.2. The van der Waals surface area contributed by atoms with Crippen LogP contribution in [0, 0.1) is 5.92 Å². The van der Waals surface area contributed by atoms with Crippen molar-refractivity contribution in [3.63, 3.8) is 0 Å². The van der Waals surface area contributed by atoms with Gasteiger partial charge in [0.15, 0.2) is 0 Å². The molecule has 2 fully saturated rings. The number of nitrogen functional groups attached to an aromatic ring is 1. The monoisotopic (exact) mass is 486 g/mol. The van der Waals surface area contributed by atoms with E-state index in [0.717, 1.165) is 43.7 Å². The molecule has 9 nitrogen and oxygen atoms in total. The van der Waals surface area contributed by atoms with E-state index < -0.39 is 10.0 Å². The molecule has 2 aliphatic rings. The predicted molar refractivity (Wildman–Crippen MR) is 131 cm³/mol. The molecule has 10 heteroatoms. The minimum Gasteiger partial charge on any atom is -0.384 e. The molecule has 2 aliphatic heterocycles. The second-order valence-electron chi connectivity index (χ2n) is 9.33. The highest BCUT2D eigenvalue weighted by Crippen LogP contribution is 2.26. The van der Waals surface area contributed by atoms with Crippen LogP contribution in [-0.2, 0) is 27.9 Å². The summed E-state index contributed by atoms with van der Waals surface area (Å²) in [7, 11) is -3.38. The van der Waals surface area contributed by atoms with Crippen molar-refractivity contribution in [3.8, 4) is 0 Å². The summed E-state index contributed by atoms with van der Waals surface area (Å²) in [5, 5.41) is 0. The van der Waals surface area contributed by atoms with Crippen LogP contribution in [0.2, 0.25) is 0 Å². The average Bonchev–Trinajstić information content (AvgIpc) is 2.83. The summed E-state index contributed by atoms with van der Waals surface area (Å²) < 4.78 is 26.5. The molecule has 4 rings (SSSR count). The Labute approximate surface area is 202 Å². The van der Waals surface area contributed by atoms with Gasteiger partial charge in [-0.2, -0.15) is 4.31 Å². The van der Waals surface area contributed by atoms with Crippen molar-refractivity contribution in [3.05, 3.63) is 54.0 Å². The quantitative estimate of drug-likeness (QED) is 0.634. The fourth-order valence-electron chi connectivity index (χ4n) is 4.99. The zero-order valence-electron chi connectivity index (χ0n) is 19.7. The van der Waals surface area contributed by atoms with Crippen molar-refractivity contribution in [1.82, 2.24) is 24.1 Å². The van der Waals surface area contributed by atoms with Crippen LogP contribution in [0.25, 0.3) is 0 Å². The van der Waals surface area contributed by atoms with Crippen molar-refractivity contribution in [2.75, 3.05) is 38.2 Å². The lowest BCUT2D eigenvalue weighted by atomic mass is 9.93. The Kier molecular flexibility index (Phi) is 7.80. The van der Waals surface area contributed by atoms with Gasteiger partial charge in [-0.05, 0) is 68.6 Å². The number of sulfonamides is 1. The number of hydrogen-bond acceptors (Lipinski definition) is 7. The molecule has 2 aromatic heterocycles. The average molecular weight is 487 g/mol. The second-order valence-corrected chi connectivity index (χ2v) is 11.3. The van der Waals surface area contributed by atoms with Crippen molar-refractivity contribution < 1.29 is 13.2 Å². The van der Waals surface area contributed by atoms with Gasteiger partial charge in [0.05, 0.1) is 18.5 Å². The summed E-state index contributed by atoms with van der Waals surface area (Å²) in [5.41, 5.74) is 7.65. The number of rotatable bonds is 7. The number of carbonyl (C=O) groups excluding carboxylic acids is 1. The van der Waals surface area contributed by atoms with Crippen LogP contribution in [0.3, 0.4) is 0 Å². The Hall–Kier alpha value is -2.56. The molecule has 1 amide bonds. The van der Waals surface area contributed by atoms with E-state index in [-0.39, 0.29) is 24.4 Å². The summed E-state index contributed by atoms with van der Waals surface area (Å²) in [5.74, 6) is 0.775. The second kappa shape index (κ2) is 10.8. The Morgan fingerprint density at radius 3 is 2.41 bits per heavy atom. The molecular weight excluding hydrogens is 452 g/mol. The summed E-state index contributed by atoms with van der Waals surface area (Å²) in [4.78, 5) is 25.8. The van der Waals surface area contributed by atoms with E-state index in [9.17, 15) is 13.2 Å². The number of amides is 1. The van der Waals surface area contributed by atoms with E-state index in [1.807, 2.05) is 35.2 Å². The minimum atomic E-state index is -3.38. The number of anilines is 1. The number of likely N-dealkylation sites (tertiary alicyclic amines) is 2. The van der Waals surface area contributed by atoms with Crippen molar-refractivity contribution in [1.29, 1.82) is 0 Å². The third kappa shape index (κ3) is 6.31. The van der Waals surface area contributed by atoms with Gasteiger partial charge in [-0.15, -0.1) is 0 Å². The molecule has 184 valence electrons. The van der Waals surface area contributed by atoms with Gasteiger partial charge >= 0.3 is 0 Å². The third-order valence-corrected chi connectivity index (χ3v) is 8.12. The topological polar surface area (TPSA) is 113 Å². The van der Waals surface area contributed by atoms with E-state index in [1.165, 1.54) is 6.26 Å². The van der Waals surface area contributed by atoms with Gasteiger partial charge in [-0.25, -0.2) is 13.4 Å². The first-order valence-electron chi connectivity index (χ1n) is 11.9. The van der Waals surface area contributed by atoms with Crippen LogP contribution in [0.5, 0.6) is 0 Å². The van der Waals surface area contributed by atoms with E-state index in [2.05, 4.69) is 14.9 Å². The summed E-state index contributed by atoms with van der Waals surface area (Å²) in [6.07, 6.45) is 7.63. The zero-order chi connectivity index (χ0) is 24.1. The number of nitrogens with zero attached hydrogens (tertiary/aromatic N) is 5. The molecule has 0 spiro atoms. The highest BCUT2D eigenvalue weighted by Gasteiger charge is 2.34. The molecule has 0 radical (unpaired) electrons. The van der Waals surface area contributed by atoms with E-state index in [4.69, 9.17) is 5.73 Å². The Balaban J connectivity index is 1.27. The van der Waals surface area contributed by atoms with Gasteiger partial charge in [0, 0.05) is 44.0 Å². The maximum atomic E-state index is 13.2. The number of piperidine rings is 2. The standard InChI is InChI=1S/C24H34N6O3S/c1-34(32,33)30(18-21-4-2-3-10-26-21)22-8-14-29(15-9-22)24(31)20-6-12-28(13-7-20)17-19-5-11-27-23(25)16-19/h2-5,10-11,16,20,22H,6-9,12-15,17-18H2,1H3,(H2,25,27). The third-order valence-electron chi connectivity index (χ3n) is 6.84. The zero-order valence-corrected chi connectivity index (χ0v) is 20.5. The predicted octanol–water partition coefficient (Wildman–Crippen LogP) is 1.72. The number of nitrogens with two attached hydrogens (primary N) is 1. The SMILES string of the molecule is CS(=O)(=O)N(Cc1ccccn1)C1CCN(C(=O)C2CCN(Cc3ccnc(N)c3)CC2)CC1. The first-order valence-corrected chi connectivity index (χ1v) is 13.7. The van der Waals surface area contributed by atoms with Crippen LogP contribution in [0.4, 0.5) is 5.82 Å². The number of aromatic nitrogens is 2. The molecule has 0 aromatic carbocycles. The lowest BCUT2D eigenvalue weighted by Gasteiger charge is -2.39. The van der Waals surface area contributed by atoms with Crippen LogP contribution in [0.15, 0.2) is 42.7 Å². The molecule has 2 N–H and O–H groups in total. The van der Waals surface area contributed by atoms with Crippen LogP contribution >= 0.6 is 0 Å². The van der Waals surface area contributed by atoms with E-state index in [0.29, 0.717) is 31.7 Å². The van der Waals surface area contributed by atoms with Crippen molar-refractivity contribution >= 4 is 21.7 Å². The number of hydrogen-bond donors (Lipinski definition) is 1. The van der Waals surface area contributed by atoms with Gasteiger partial charge in [0.2, 0.25) is 15.9 Å². The number of carbonyl (C=O) groups is 1. The van der Waals surface area contributed by atoms with Gasteiger partial charge < -0.3 is 10.6 Å². The first-order chi connectivity index (χ1) is 16.3. The van der Waals surface area contributed by atoms with Crippen molar-refractivity contribution in [2.45, 2.75) is 44.8 Å². The molecule has 0 bridgehead atoms. The molecule has 0 atom stereocenters. The molecule has 2 saturated heterocycles. The molecular formula is C24H34N6O3S. The maximum Gasteiger partial charge on any atom is 0.225 e. The largest absolute Gasteiger partial charge is 0.384 e.